The van der Waals surface area contributed by atoms with E-state index in [1.807, 2.05) is 18.2 Å². The van der Waals surface area contributed by atoms with Gasteiger partial charge in [0.05, 0.1) is 12.1 Å². The summed E-state index contributed by atoms with van der Waals surface area (Å²) in [7, 11) is 0. The Morgan fingerprint density at radius 1 is 1.39 bits per heavy atom. The summed E-state index contributed by atoms with van der Waals surface area (Å²) in [6.07, 6.45) is 2.61. The van der Waals surface area contributed by atoms with Gasteiger partial charge in [-0.25, -0.2) is 0 Å². The van der Waals surface area contributed by atoms with Crippen molar-refractivity contribution in [2.75, 3.05) is 11.9 Å². The molecule has 7 heteroatoms. The lowest BCUT2D eigenvalue weighted by atomic mass is 10.1. The van der Waals surface area contributed by atoms with Gasteiger partial charge in [-0.05, 0) is 36.7 Å². The van der Waals surface area contributed by atoms with E-state index in [0.717, 1.165) is 47.3 Å². The molecule has 3 N–H and O–H groups in total. The average Bonchev–Trinajstić information content (AvgIpc) is 3.30. The largest absolute Gasteiger partial charge is 0.458 e. The predicted molar refractivity (Wildman–Crippen MR) is 88.1 cm³/mol. The number of nitriles is 1. The van der Waals surface area contributed by atoms with Crippen molar-refractivity contribution in [2.24, 2.45) is 0 Å². The fraction of sp³-hybridized carbons (Fsp3) is 0.250. The second-order valence-electron chi connectivity index (χ2n) is 5.34. The summed E-state index contributed by atoms with van der Waals surface area (Å²) < 4.78 is 5.80. The Labute approximate surface area is 137 Å². The van der Waals surface area contributed by atoms with Crippen LogP contribution in [0.4, 0.5) is 5.00 Å². The number of fused-ring (bicyclic) bond motifs is 1. The molecule has 0 saturated carbocycles. The lowest BCUT2D eigenvalue weighted by Crippen LogP contribution is -2.22. The number of nitrogens with one attached hydrogen (secondary N) is 3. The normalized spacial score (nSPS) is 13.5. The Morgan fingerprint density at radius 2 is 2.35 bits per heavy atom. The molecule has 0 saturated heterocycles. The van der Waals surface area contributed by atoms with E-state index in [0.29, 0.717) is 6.54 Å². The van der Waals surface area contributed by atoms with Crippen LogP contribution in [0.5, 0.6) is 0 Å². The van der Waals surface area contributed by atoms with Crippen molar-refractivity contribution in [3.63, 3.8) is 0 Å². The smallest absolute Gasteiger partial charge is 0.152 e. The molecule has 0 aliphatic carbocycles. The Morgan fingerprint density at radius 3 is 3.17 bits per heavy atom. The van der Waals surface area contributed by atoms with E-state index in [9.17, 15) is 5.26 Å². The molecule has 6 nitrogen and oxygen atoms in total. The van der Waals surface area contributed by atoms with Crippen LogP contribution >= 0.6 is 11.3 Å². The number of rotatable bonds is 4. The summed E-state index contributed by atoms with van der Waals surface area (Å²) in [5.41, 5.74) is 2.83. The van der Waals surface area contributed by atoms with E-state index in [-0.39, 0.29) is 0 Å². The highest BCUT2D eigenvalue weighted by molar-refractivity contribution is 7.16. The van der Waals surface area contributed by atoms with Gasteiger partial charge in [0.15, 0.2) is 5.76 Å². The molecule has 0 bridgehead atoms. The molecule has 1 aliphatic rings. The Hall–Kier alpha value is -2.56. The van der Waals surface area contributed by atoms with Crippen molar-refractivity contribution in [1.29, 1.82) is 5.26 Å². The maximum Gasteiger partial charge on any atom is 0.152 e. The number of hydrogen-bond acceptors (Lipinski definition) is 6. The molecule has 116 valence electrons. The lowest BCUT2D eigenvalue weighted by molar-refractivity contribution is 0.529. The average molecular weight is 325 g/mol. The molecule has 0 spiro atoms. The van der Waals surface area contributed by atoms with Crippen LogP contribution in [-0.4, -0.2) is 16.7 Å². The number of aromatic nitrogens is 2. The first-order valence-corrected chi connectivity index (χ1v) is 8.24. The zero-order chi connectivity index (χ0) is 15.6. The summed E-state index contributed by atoms with van der Waals surface area (Å²) in [6.45, 7) is 2.33. The second kappa shape index (κ2) is 5.91. The highest BCUT2D eigenvalue weighted by atomic mass is 32.1. The molecule has 0 fully saturated rings. The summed E-state index contributed by atoms with van der Waals surface area (Å²) in [5, 5.41) is 23.9. The Bertz CT molecular complexity index is 856. The van der Waals surface area contributed by atoms with Crippen LogP contribution in [0.15, 0.2) is 28.8 Å². The quantitative estimate of drug-likeness (QED) is 0.686. The van der Waals surface area contributed by atoms with Gasteiger partial charge in [-0.1, -0.05) is 0 Å². The minimum absolute atomic E-state index is 0.551. The third-order valence-corrected chi connectivity index (χ3v) is 5.08. The van der Waals surface area contributed by atoms with Crippen molar-refractivity contribution in [3.05, 3.63) is 46.2 Å². The molecule has 0 amide bonds. The summed E-state index contributed by atoms with van der Waals surface area (Å²) >= 11 is 1.66. The third kappa shape index (κ3) is 2.63. The van der Waals surface area contributed by atoms with E-state index < -0.39 is 0 Å². The second-order valence-corrected chi connectivity index (χ2v) is 6.44. The zero-order valence-electron chi connectivity index (χ0n) is 12.3. The number of aromatic amines is 1. The number of nitrogens with zero attached hydrogens (tertiary/aromatic N) is 2. The molecule has 0 atom stereocenters. The SMILES string of the molecule is N#Cc1c(NCc2ccc(-c3ccn[nH]3)o2)sc2c1CCNC2. The van der Waals surface area contributed by atoms with Crippen LogP contribution in [0.2, 0.25) is 0 Å². The number of thiophene rings is 1. The Balaban J connectivity index is 1.51. The van der Waals surface area contributed by atoms with Crippen molar-refractivity contribution in [1.82, 2.24) is 15.5 Å². The van der Waals surface area contributed by atoms with Crippen molar-refractivity contribution < 1.29 is 4.42 Å². The first-order valence-electron chi connectivity index (χ1n) is 7.43. The topological polar surface area (TPSA) is 89.7 Å². The first-order chi connectivity index (χ1) is 11.3. The van der Waals surface area contributed by atoms with E-state index in [2.05, 4.69) is 26.9 Å². The molecular formula is C16H15N5OS. The van der Waals surface area contributed by atoms with Crippen molar-refractivity contribution in [2.45, 2.75) is 19.5 Å². The van der Waals surface area contributed by atoms with Crippen LogP contribution in [0.3, 0.4) is 0 Å². The molecule has 3 aromatic rings. The van der Waals surface area contributed by atoms with Crippen molar-refractivity contribution in [3.8, 4) is 17.5 Å². The van der Waals surface area contributed by atoms with Crippen LogP contribution < -0.4 is 10.6 Å². The summed E-state index contributed by atoms with van der Waals surface area (Å²) in [6, 6.07) is 8.06. The fourth-order valence-electron chi connectivity index (χ4n) is 2.76. The van der Waals surface area contributed by atoms with E-state index in [1.165, 1.54) is 10.4 Å². The van der Waals surface area contributed by atoms with Gasteiger partial charge in [0.25, 0.3) is 0 Å². The van der Waals surface area contributed by atoms with Gasteiger partial charge >= 0.3 is 0 Å². The van der Waals surface area contributed by atoms with Crippen LogP contribution in [0, 0.1) is 11.3 Å². The predicted octanol–water partition coefficient (Wildman–Crippen LogP) is 2.86. The molecule has 4 rings (SSSR count). The van der Waals surface area contributed by atoms with E-state index in [4.69, 9.17) is 4.42 Å². The van der Waals surface area contributed by atoms with Crippen LogP contribution in [-0.2, 0) is 19.5 Å². The van der Waals surface area contributed by atoms with Gasteiger partial charge in [0, 0.05) is 17.6 Å². The number of hydrogen-bond donors (Lipinski definition) is 3. The highest BCUT2D eigenvalue weighted by Gasteiger charge is 2.20. The summed E-state index contributed by atoms with van der Waals surface area (Å²) in [4.78, 5) is 1.26. The minimum atomic E-state index is 0.551. The van der Waals surface area contributed by atoms with Gasteiger partial charge in [0.1, 0.15) is 22.5 Å². The molecule has 0 aromatic carbocycles. The van der Waals surface area contributed by atoms with E-state index >= 15 is 0 Å². The highest BCUT2D eigenvalue weighted by Crippen LogP contribution is 2.35. The fourth-order valence-corrected chi connectivity index (χ4v) is 3.92. The van der Waals surface area contributed by atoms with Gasteiger partial charge in [-0.3, -0.25) is 5.10 Å². The third-order valence-electron chi connectivity index (χ3n) is 3.89. The van der Waals surface area contributed by atoms with Gasteiger partial charge in [0.2, 0.25) is 0 Å². The molecule has 0 unspecified atom stereocenters. The van der Waals surface area contributed by atoms with Gasteiger partial charge < -0.3 is 15.1 Å². The molecule has 1 aliphatic heterocycles. The number of furan rings is 1. The monoisotopic (exact) mass is 325 g/mol. The molecule has 3 aromatic heterocycles. The Kier molecular flexibility index (Phi) is 3.61. The maximum atomic E-state index is 9.45. The molecule has 4 heterocycles. The maximum absolute atomic E-state index is 9.45. The number of anilines is 1. The minimum Gasteiger partial charge on any atom is -0.458 e. The molecule has 23 heavy (non-hydrogen) atoms. The lowest BCUT2D eigenvalue weighted by Gasteiger charge is -2.11. The van der Waals surface area contributed by atoms with Gasteiger partial charge in [-0.2, -0.15) is 10.4 Å². The van der Waals surface area contributed by atoms with E-state index in [1.54, 1.807) is 17.5 Å². The van der Waals surface area contributed by atoms with Crippen molar-refractivity contribution >= 4 is 16.3 Å². The number of H-pyrrole nitrogens is 1. The zero-order valence-corrected chi connectivity index (χ0v) is 13.2. The molecule has 0 radical (unpaired) electrons. The van der Waals surface area contributed by atoms with Crippen LogP contribution in [0.25, 0.3) is 11.5 Å². The molecular weight excluding hydrogens is 310 g/mol. The standard InChI is InChI=1S/C16H15N5OS/c17-7-12-11-3-5-18-9-15(11)23-16(12)19-8-10-1-2-14(22-10)13-4-6-20-21-13/h1-2,4,6,18-19H,3,5,8-9H2,(H,20,21). The summed E-state index contributed by atoms with van der Waals surface area (Å²) in [5.74, 6) is 1.58. The van der Waals surface area contributed by atoms with Crippen LogP contribution in [0.1, 0.15) is 21.8 Å². The first kappa shape index (κ1) is 14.1. The van der Waals surface area contributed by atoms with Gasteiger partial charge in [-0.15, -0.1) is 11.3 Å².